The molecule has 0 spiro atoms. The van der Waals surface area contributed by atoms with Gasteiger partial charge in [0.05, 0.1) is 0 Å². The molecule has 0 aromatic heterocycles. The first kappa shape index (κ1) is 8.15. The number of rotatable bonds is 4. The van der Waals surface area contributed by atoms with E-state index in [1.165, 1.54) is 6.92 Å². The van der Waals surface area contributed by atoms with Crippen LogP contribution in [0.3, 0.4) is 0 Å². The standard InChI is InChI=1S/C2H5N3O3S/c1-2-9(3-6,4-7)5-8/h2H2,1H3. The minimum atomic E-state index is -2.94. The molecule has 0 atom stereocenters. The summed E-state index contributed by atoms with van der Waals surface area (Å²) in [5, 5.41) is 0. The predicted molar refractivity (Wildman–Crippen MR) is 35.5 cm³/mol. The van der Waals surface area contributed by atoms with Crippen LogP contribution in [-0.2, 0) is 0 Å². The van der Waals surface area contributed by atoms with Crippen molar-refractivity contribution in [3.63, 3.8) is 0 Å². The van der Waals surface area contributed by atoms with Crippen molar-refractivity contribution in [1.29, 1.82) is 0 Å². The highest BCUT2D eigenvalue weighted by molar-refractivity contribution is 8.30. The van der Waals surface area contributed by atoms with Gasteiger partial charge >= 0.3 is 0 Å². The largest absolute Gasteiger partial charge is 0.169 e. The Bertz CT molecular complexity index is 115. The molecule has 0 N–H and O–H groups in total. The lowest BCUT2D eigenvalue weighted by molar-refractivity contribution is 1.41. The van der Waals surface area contributed by atoms with Crippen molar-refractivity contribution in [1.82, 2.24) is 0 Å². The number of nitrogens with zero attached hydrogens (tertiary/aromatic N) is 3. The van der Waals surface area contributed by atoms with Gasteiger partial charge < -0.3 is 0 Å². The fourth-order valence-corrected chi connectivity index (χ4v) is 0.597. The minimum absolute atomic E-state index is 0.0104. The Morgan fingerprint density at radius 1 is 1.11 bits per heavy atom. The molecule has 0 saturated carbocycles. The van der Waals surface area contributed by atoms with Gasteiger partial charge in [-0.05, 0) is 0 Å². The Balaban J connectivity index is 4.34. The van der Waals surface area contributed by atoms with Crippen LogP contribution in [0.4, 0.5) is 0 Å². The minimum Gasteiger partial charge on any atom is -0.135 e. The molecule has 52 valence electrons. The third-order valence-electron chi connectivity index (χ3n) is 0.745. The summed E-state index contributed by atoms with van der Waals surface area (Å²) in [6.07, 6.45) is 0. The normalized spacial score (nSPS) is 12.1. The van der Waals surface area contributed by atoms with Crippen LogP contribution < -0.4 is 0 Å². The van der Waals surface area contributed by atoms with E-state index < -0.39 is 10.6 Å². The molecule has 0 radical (unpaired) electrons. The van der Waals surface area contributed by atoms with Gasteiger partial charge in [-0.25, -0.2) is 0 Å². The summed E-state index contributed by atoms with van der Waals surface area (Å²) < 4.78 is 6.75. The average Bonchev–Trinajstić information content (AvgIpc) is 1.95. The molecule has 0 aliphatic carbocycles. The molecule has 0 rings (SSSR count). The topological polar surface area (TPSA) is 88.3 Å². The van der Waals surface area contributed by atoms with E-state index in [0.29, 0.717) is 0 Å². The summed E-state index contributed by atoms with van der Waals surface area (Å²) in [5.41, 5.74) is 0. The Labute approximate surface area is 52.7 Å². The van der Waals surface area contributed by atoms with Crippen LogP contribution in [0.15, 0.2) is 13.7 Å². The molecule has 0 aromatic rings. The van der Waals surface area contributed by atoms with E-state index in [0.717, 1.165) is 0 Å². The lowest BCUT2D eigenvalue weighted by atomic mass is 11.0. The summed E-state index contributed by atoms with van der Waals surface area (Å²) >= 11 is 0. The highest BCUT2D eigenvalue weighted by atomic mass is 32.3. The second-order valence-corrected chi connectivity index (χ2v) is 3.43. The zero-order chi connectivity index (χ0) is 7.33. The highest BCUT2D eigenvalue weighted by Crippen LogP contribution is 2.51. The average molecular weight is 151 g/mol. The van der Waals surface area contributed by atoms with Gasteiger partial charge in [-0.15, -0.1) is 14.7 Å². The molecule has 0 fully saturated rings. The molecule has 0 aliphatic rings. The molecular weight excluding hydrogens is 146 g/mol. The first-order valence-corrected chi connectivity index (χ1v) is 3.76. The number of nitroso groups, excluding NO2 is 3. The van der Waals surface area contributed by atoms with Crippen LogP contribution in [0, 0.1) is 14.7 Å². The van der Waals surface area contributed by atoms with Gasteiger partial charge in [0.15, 0.2) is 10.6 Å². The smallest absolute Gasteiger partial charge is 0.135 e. The second kappa shape index (κ2) is 3.23. The molecular formula is C2H5N3O3S. The molecule has 6 nitrogen and oxygen atoms in total. The van der Waals surface area contributed by atoms with Gasteiger partial charge in [0.1, 0.15) is 0 Å². The summed E-state index contributed by atoms with van der Waals surface area (Å²) in [7, 11) is -2.94. The van der Waals surface area contributed by atoms with Crippen molar-refractivity contribution in [2.75, 3.05) is 5.75 Å². The van der Waals surface area contributed by atoms with Gasteiger partial charge in [-0.3, -0.25) is 0 Å². The maximum absolute atomic E-state index is 9.72. The molecule has 0 saturated heterocycles. The Morgan fingerprint density at radius 3 is 1.44 bits per heavy atom. The van der Waals surface area contributed by atoms with Crippen LogP contribution >= 0.6 is 10.6 Å². The SMILES string of the molecule is CCS(N=O)(N=O)N=O. The van der Waals surface area contributed by atoms with Gasteiger partial charge in [0.2, 0.25) is 0 Å². The lowest BCUT2D eigenvalue weighted by Gasteiger charge is -2.07. The van der Waals surface area contributed by atoms with Crippen molar-refractivity contribution < 1.29 is 0 Å². The van der Waals surface area contributed by atoms with Crippen molar-refractivity contribution >= 4 is 10.6 Å². The van der Waals surface area contributed by atoms with E-state index in [1.54, 1.807) is 0 Å². The quantitative estimate of drug-likeness (QED) is 0.574. The van der Waals surface area contributed by atoms with Gasteiger partial charge in [0.25, 0.3) is 0 Å². The summed E-state index contributed by atoms with van der Waals surface area (Å²) in [6, 6.07) is 0. The predicted octanol–water partition coefficient (Wildman–Crippen LogP) is 1.86. The van der Waals surface area contributed by atoms with Crippen LogP contribution in [0.5, 0.6) is 0 Å². The Morgan fingerprint density at radius 2 is 1.44 bits per heavy atom. The van der Waals surface area contributed by atoms with Crippen LogP contribution in [0.2, 0.25) is 0 Å². The van der Waals surface area contributed by atoms with Crippen molar-refractivity contribution in [3.8, 4) is 0 Å². The maximum Gasteiger partial charge on any atom is 0.169 e. The third kappa shape index (κ3) is 1.53. The van der Waals surface area contributed by atoms with E-state index in [2.05, 4.69) is 13.7 Å². The first-order chi connectivity index (χ1) is 4.24. The summed E-state index contributed by atoms with van der Waals surface area (Å²) in [6.45, 7) is 1.46. The number of hydrogen-bond donors (Lipinski definition) is 0. The molecule has 0 unspecified atom stereocenters. The zero-order valence-electron chi connectivity index (χ0n) is 4.68. The fourth-order valence-electron chi connectivity index (χ4n) is 0.199. The molecule has 0 heterocycles. The molecule has 0 amide bonds. The van der Waals surface area contributed by atoms with E-state index in [1.807, 2.05) is 0 Å². The van der Waals surface area contributed by atoms with E-state index in [4.69, 9.17) is 0 Å². The maximum atomic E-state index is 9.72. The summed E-state index contributed by atoms with van der Waals surface area (Å²) in [5.74, 6) is -0.0104. The number of hydrogen-bond acceptors (Lipinski definition) is 6. The molecule has 0 aliphatic heterocycles. The Kier molecular flexibility index (Phi) is 2.93. The highest BCUT2D eigenvalue weighted by Gasteiger charge is 2.24. The fraction of sp³-hybridized carbons (Fsp3) is 1.00. The molecule has 0 aromatic carbocycles. The third-order valence-corrected chi connectivity index (χ3v) is 2.24. The van der Waals surface area contributed by atoms with Gasteiger partial charge in [-0.1, -0.05) is 6.92 Å². The van der Waals surface area contributed by atoms with E-state index >= 15 is 0 Å². The molecule has 7 heteroatoms. The lowest BCUT2D eigenvalue weighted by Crippen LogP contribution is -1.87. The van der Waals surface area contributed by atoms with Crippen LogP contribution in [0.25, 0.3) is 0 Å². The van der Waals surface area contributed by atoms with Crippen LogP contribution in [-0.4, -0.2) is 5.75 Å². The Hall–Kier alpha value is -0.850. The first-order valence-electron chi connectivity index (χ1n) is 2.09. The zero-order valence-corrected chi connectivity index (χ0v) is 5.50. The van der Waals surface area contributed by atoms with E-state index in [9.17, 15) is 14.7 Å². The van der Waals surface area contributed by atoms with Crippen molar-refractivity contribution in [2.45, 2.75) is 6.92 Å². The van der Waals surface area contributed by atoms with Crippen molar-refractivity contribution in [3.05, 3.63) is 14.7 Å². The summed E-state index contributed by atoms with van der Waals surface area (Å²) in [4.78, 5) is 29.2. The second-order valence-electron chi connectivity index (χ2n) is 1.14. The van der Waals surface area contributed by atoms with Crippen LogP contribution in [0.1, 0.15) is 6.92 Å². The van der Waals surface area contributed by atoms with Crippen molar-refractivity contribution in [2.24, 2.45) is 13.7 Å². The molecule has 0 bridgehead atoms. The van der Waals surface area contributed by atoms with Gasteiger partial charge in [0, 0.05) is 19.5 Å². The monoisotopic (exact) mass is 151 g/mol. The van der Waals surface area contributed by atoms with E-state index in [-0.39, 0.29) is 5.75 Å². The molecule has 9 heavy (non-hydrogen) atoms. The van der Waals surface area contributed by atoms with Gasteiger partial charge in [-0.2, -0.15) is 0 Å².